The fourth-order valence-electron chi connectivity index (χ4n) is 8.50. The van der Waals surface area contributed by atoms with Gasteiger partial charge in [0.15, 0.2) is 11.7 Å². The molecule has 9 rings (SSSR count). The summed E-state index contributed by atoms with van der Waals surface area (Å²) < 4.78 is 2.34. The molecule has 0 fully saturated rings. The van der Waals surface area contributed by atoms with Crippen molar-refractivity contribution < 1.29 is 0 Å². The molecule has 1 aliphatic rings. The zero-order valence-corrected chi connectivity index (χ0v) is 36.5. The van der Waals surface area contributed by atoms with Gasteiger partial charge in [-0.3, -0.25) is 4.99 Å². The maximum atomic E-state index is 5.33. The van der Waals surface area contributed by atoms with Crippen molar-refractivity contribution in [2.75, 3.05) is 4.90 Å². The Kier molecular flexibility index (Phi) is 12.7. The van der Waals surface area contributed by atoms with Crippen molar-refractivity contribution >= 4 is 58.1 Å². The average Bonchev–Trinajstić information content (AvgIpc) is 3.55. The highest BCUT2D eigenvalue weighted by atomic mass is 15.2. The van der Waals surface area contributed by atoms with Gasteiger partial charge in [0, 0.05) is 39.1 Å². The van der Waals surface area contributed by atoms with E-state index in [1.165, 1.54) is 11.1 Å². The molecule has 5 nitrogen and oxygen atoms in total. The summed E-state index contributed by atoms with van der Waals surface area (Å²) in [5, 5.41) is 1.01. The first-order valence-corrected chi connectivity index (χ1v) is 22.0. The van der Waals surface area contributed by atoms with Crippen LogP contribution in [0.25, 0.3) is 50.6 Å². The van der Waals surface area contributed by atoms with Crippen LogP contribution < -0.4 is 4.90 Å². The molecule has 0 saturated heterocycles. The number of aromatic nitrogens is 1. The van der Waals surface area contributed by atoms with Crippen molar-refractivity contribution in [2.24, 2.45) is 15.0 Å². The van der Waals surface area contributed by atoms with Gasteiger partial charge in [-0.1, -0.05) is 189 Å². The molecule has 1 aliphatic carbocycles. The van der Waals surface area contributed by atoms with E-state index in [9.17, 15) is 0 Å². The lowest BCUT2D eigenvalue weighted by molar-refractivity contribution is 1.06. The quantitative estimate of drug-likeness (QED) is 0.0687. The number of nitrogens with zero attached hydrogens (tertiary/aromatic N) is 5. The molecule has 1 heterocycles. The van der Waals surface area contributed by atoms with E-state index in [0.29, 0.717) is 24.6 Å². The second kappa shape index (κ2) is 19.7. The third-order valence-electron chi connectivity index (χ3n) is 11.5. The molecule has 314 valence electrons. The van der Waals surface area contributed by atoms with Crippen LogP contribution in [0.4, 0.5) is 11.4 Å². The van der Waals surface area contributed by atoms with Gasteiger partial charge in [-0.15, -0.1) is 0 Å². The molecular formula is C60H49N5. The summed E-state index contributed by atoms with van der Waals surface area (Å²) in [4.78, 5) is 17.5. The lowest BCUT2D eigenvalue weighted by Crippen LogP contribution is -2.16. The van der Waals surface area contributed by atoms with Crippen LogP contribution in [0.1, 0.15) is 41.3 Å². The predicted octanol–water partition coefficient (Wildman–Crippen LogP) is 15.3. The second-order valence-corrected chi connectivity index (χ2v) is 15.6. The van der Waals surface area contributed by atoms with E-state index < -0.39 is 0 Å². The molecule has 1 aromatic heterocycles. The summed E-state index contributed by atoms with van der Waals surface area (Å²) in [6.07, 6.45) is 15.7. The van der Waals surface area contributed by atoms with Gasteiger partial charge >= 0.3 is 0 Å². The Bertz CT molecular complexity index is 3050. The molecule has 0 bridgehead atoms. The van der Waals surface area contributed by atoms with Crippen molar-refractivity contribution in [1.29, 1.82) is 0 Å². The van der Waals surface area contributed by atoms with Gasteiger partial charge in [0.1, 0.15) is 0 Å². The Labute approximate surface area is 382 Å². The van der Waals surface area contributed by atoms with Gasteiger partial charge in [0.25, 0.3) is 0 Å². The molecular weight excluding hydrogens is 791 g/mol. The fourth-order valence-corrected chi connectivity index (χ4v) is 8.50. The fraction of sp³-hybridized carbons (Fsp3) is 0.0500. The van der Waals surface area contributed by atoms with E-state index in [4.69, 9.17) is 9.98 Å². The molecule has 0 atom stereocenters. The molecule has 0 amide bonds. The lowest BCUT2D eigenvalue weighted by atomic mass is 9.98. The summed E-state index contributed by atoms with van der Waals surface area (Å²) in [6, 6.07) is 65.5. The number of hydrogen-bond acceptors (Lipinski definition) is 2. The van der Waals surface area contributed by atoms with Gasteiger partial charge in [-0.25, -0.2) is 9.98 Å². The van der Waals surface area contributed by atoms with Crippen LogP contribution in [-0.2, 0) is 6.54 Å². The summed E-state index contributed by atoms with van der Waals surface area (Å²) in [5.74, 6) is 1.06. The molecule has 7 aromatic carbocycles. The van der Waals surface area contributed by atoms with Crippen molar-refractivity contribution in [3.63, 3.8) is 0 Å². The van der Waals surface area contributed by atoms with Crippen molar-refractivity contribution in [3.8, 4) is 22.3 Å². The zero-order valence-electron chi connectivity index (χ0n) is 36.5. The molecule has 0 radical (unpaired) electrons. The molecule has 0 aliphatic heterocycles. The Hall–Kier alpha value is -8.41. The average molecular weight is 840 g/mol. The van der Waals surface area contributed by atoms with Gasteiger partial charge in [-0.05, 0) is 96.4 Å². The summed E-state index contributed by atoms with van der Waals surface area (Å²) in [5.41, 5.74) is 14.6. The molecule has 0 saturated carbocycles. The number of hydrogen-bond donors (Lipinski definition) is 0. The third-order valence-corrected chi connectivity index (χ3v) is 11.5. The van der Waals surface area contributed by atoms with Crippen LogP contribution in [0.3, 0.4) is 0 Å². The van der Waals surface area contributed by atoms with Crippen molar-refractivity contribution in [3.05, 3.63) is 259 Å². The molecule has 0 N–H and O–H groups in total. The van der Waals surface area contributed by atoms with Crippen molar-refractivity contribution in [2.45, 2.75) is 19.9 Å². The minimum Gasteiger partial charge on any atom is -0.310 e. The topological polar surface area (TPSA) is 45.2 Å². The monoisotopic (exact) mass is 839 g/mol. The van der Waals surface area contributed by atoms with E-state index in [2.05, 4.69) is 204 Å². The van der Waals surface area contributed by atoms with E-state index in [0.717, 1.165) is 72.7 Å². The first kappa shape index (κ1) is 41.9. The molecule has 8 aromatic rings. The van der Waals surface area contributed by atoms with Crippen LogP contribution in [0.15, 0.2) is 246 Å². The maximum absolute atomic E-state index is 5.33. The smallest absolute Gasteiger partial charge is 0.161 e. The number of amidine groups is 2. The summed E-state index contributed by atoms with van der Waals surface area (Å²) in [6.45, 7) is 10.6. The van der Waals surface area contributed by atoms with Gasteiger partial charge in [0.2, 0.25) is 0 Å². The van der Waals surface area contributed by atoms with Crippen LogP contribution in [-0.4, -0.2) is 23.0 Å². The molecule has 0 spiro atoms. The van der Waals surface area contributed by atoms with Gasteiger partial charge in [-0.2, -0.15) is 0 Å². The van der Waals surface area contributed by atoms with Gasteiger partial charge in [0.05, 0.1) is 23.5 Å². The Morgan fingerprint density at radius 1 is 0.646 bits per heavy atom. The van der Waals surface area contributed by atoms with E-state index in [1.807, 2.05) is 61.5 Å². The number of allylic oxidation sites excluding steroid dienone is 7. The van der Waals surface area contributed by atoms with Gasteiger partial charge < -0.3 is 9.47 Å². The Balaban J connectivity index is 1.33. The molecule has 5 heteroatoms. The number of aliphatic imine (C=N–C) groups is 3. The molecule has 65 heavy (non-hydrogen) atoms. The number of fused-ring (bicyclic) bond motifs is 3. The van der Waals surface area contributed by atoms with Crippen LogP contribution >= 0.6 is 0 Å². The Morgan fingerprint density at radius 3 is 1.78 bits per heavy atom. The normalized spacial score (nSPS) is 13.1. The first-order chi connectivity index (χ1) is 32.1. The number of benzene rings is 7. The van der Waals surface area contributed by atoms with E-state index in [-0.39, 0.29) is 0 Å². The van der Waals surface area contributed by atoms with E-state index >= 15 is 0 Å². The second-order valence-electron chi connectivity index (χ2n) is 15.6. The minimum atomic E-state index is 0.425. The number of rotatable bonds is 12. The highest BCUT2D eigenvalue weighted by Gasteiger charge is 2.29. The largest absolute Gasteiger partial charge is 0.310 e. The standard InChI is InChI=1S/C60H49N5/c1-4-21-50(22-5-2)65-54-34-20-31-53(60(62-43-44-23-10-6-11-24-44)63-59(61-3)49-29-16-9-17-30-49)57(54)58-55(32-18-19-33-56(58)65)64(51-39-35-47(36-40-51)45-25-12-7-13-26-45)52-41-37-48(38-42-52)46-27-14-8-15-28-46/h4-17,19-42H,1,3,18,43H2,2H3/b22-5-,50-21+,62-60-,63-59-. The van der Waals surface area contributed by atoms with Crippen LogP contribution in [0.5, 0.6) is 0 Å². The molecule has 0 unspecified atom stereocenters. The summed E-state index contributed by atoms with van der Waals surface area (Å²) in [7, 11) is 0. The SMILES string of the molecule is C=C/C=C(\C=C/C)n1c2c(c3c(C(/N=C(\N=C)c4ccccc4)=N/Cc4ccccc4)cccc31)C(N(c1ccc(-c3ccccc3)cc1)c1ccc(-c3ccccc3)cc1)=CCC=C2. The Morgan fingerprint density at radius 2 is 1.22 bits per heavy atom. The lowest BCUT2D eigenvalue weighted by Gasteiger charge is -2.29. The highest BCUT2D eigenvalue weighted by molar-refractivity contribution is 6.20. The van der Waals surface area contributed by atoms with E-state index in [1.54, 1.807) is 0 Å². The van der Waals surface area contributed by atoms with Crippen molar-refractivity contribution in [1.82, 2.24) is 4.57 Å². The number of anilines is 2. The third kappa shape index (κ3) is 8.95. The first-order valence-electron chi connectivity index (χ1n) is 22.0. The van der Waals surface area contributed by atoms with Crippen LogP contribution in [0, 0.1) is 0 Å². The highest BCUT2D eigenvalue weighted by Crippen LogP contribution is 2.45. The minimum absolute atomic E-state index is 0.425. The predicted molar refractivity (Wildman–Crippen MR) is 278 cm³/mol. The maximum Gasteiger partial charge on any atom is 0.161 e. The zero-order chi connectivity index (χ0) is 44.4. The summed E-state index contributed by atoms with van der Waals surface area (Å²) >= 11 is 0. The van der Waals surface area contributed by atoms with Crippen LogP contribution in [0.2, 0.25) is 0 Å².